The van der Waals surface area contributed by atoms with Crippen LogP contribution in [0.5, 0.6) is 0 Å². The number of likely N-dealkylation sites (N-methyl/N-ethyl adjacent to an activating group) is 1. The fourth-order valence-corrected chi connectivity index (χ4v) is 5.90. The minimum absolute atomic E-state index is 0.701. The lowest BCUT2D eigenvalue weighted by Crippen LogP contribution is -2.37. The van der Waals surface area contributed by atoms with Crippen molar-refractivity contribution < 1.29 is 0 Å². The zero-order chi connectivity index (χ0) is 33.4. The predicted molar refractivity (Wildman–Crippen MR) is 211 cm³/mol. The molecule has 0 amide bonds. The van der Waals surface area contributed by atoms with Crippen LogP contribution in [-0.4, -0.2) is 51.2 Å². The van der Waals surface area contributed by atoms with Crippen LogP contribution >= 0.6 is 0 Å². The first-order chi connectivity index (χ1) is 22.7. The summed E-state index contributed by atoms with van der Waals surface area (Å²) in [6.45, 7) is 8.92. The Morgan fingerprint density at radius 2 is 0.826 bits per heavy atom. The zero-order valence-electron chi connectivity index (χ0n) is 31.9. The van der Waals surface area contributed by atoms with Crippen molar-refractivity contribution in [1.82, 2.24) is 15.5 Å². The summed E-state index contributed by atoms with van der Waals surface area (Å²) in [5, 5.41) is 7.51. The van der Waals surface area contributed by atoms with Gasteiger partial charge in [0.15, 0.2) is 0 Å². The highest BCUT2D eigenvalue weighted by Crippen LogP contribution is 2.15. The molecule has 0 aliphatic heterocycles. The lowest BCUT2D eigenvalue weighted by atomic mass is 9.99. The third-order valence-electron chi connectivity index (χ3n) is 8.98. The molecule has 0 aliphatic carbocycles. The van der Waals surface area contributed by atoms with Gasteiger partial charge in [0.25, 0.3) is 0 Å². The Morgan fingerprint density at radius 3 is 1.24 bits per heavy atom. The van der Waals surface area contributed by atoms with E-state index in [9.17, 15) is 0 Å². The Bertz CT molecular complexity index is 630. The highest BCUT2D eigenvalue weighted by atomic mass is 15.1. The van der Waals surface area contributed by atoms with Crippen LogP contribution in [0.2, 0.25) is 0 Å². The molecule has 2 N–H and O–H groups in total. The van der Waals surface area contributed by atoms with E-state index in [-0.39, 0.29) is 0 Å². The average molecular weight is 642 g/mol. The first kappa shape index (κ1) is 44.8. The highest BCUT2D eigenvalue weighted by Gasteiger charge is 2.08. The van der Waals surface area contributed by atoms with Gasteiger partial charge in [0.2, 0.25) is 0 Å². The number of hydrogen-bond donors (Lipinski definition) is 2. The summed E-state index contributed by atoms with van der Waals surface area (Å²) in [5.74, 6) is 0. The van der Waals surface area contributed by atoms with Crippen LogP contribution in [0.15, 0.2) is 48.6 Å². The number of rotatable bonds is 37. The van der Waals surface area contributed by atoms with Crippen molar-refractivity contribution >= 4 is 0 Å². The number of nitrogens with one attached hydrogen (secondary N) is 2. The molecule has 0 spiro atoms. The largest absolute Gasteiger partial charge is 0.314 e. The van der Waals surface area contributed by atoms with Gasteiger partial charge in [0, 0.05) is 32.2 Å². The summed E-state index contributed by atoms with van der Waals surface area (Å²) in [7, 11) is 4.30. The normalized spacial score (nSPS) is 12.6. The third-order valence-corrected chi connectivity index (χ3v) is 8.98. The summed E-state index contributed by atoms with van der Waals surface area (Å²) >= 11 is 0. The van der Waals surface area contributed by atoms with E-state index < -0.39 is 0 Å². The van der Waals surface area contributed by atoms with Gasteiger partial charge < -0.3 is 15.5 Å². The number of hydrogen-bond acceptors (Lipinski definition) is 3. The molecule has 0 saturated heterocycles. The maximum atomic E-state index is 3.91. The van der Waals surface area contributed by atoms with E-state index in [1.807, 2.05) is 0 Å². The number of nitrogens with zero attached hydrogens (tertiary/aromatic N) is 1. The minimum atomic E-state index is 0.701. The molecule has 3 heteroatoms. The van der Waals surface area contributed by atoms with Gasteiger partial charge in [0.05, 0.1) is 0 Å². The maximum Gasteiger partial charge on any atom is 0.0101 e. The molecular formula is C43H83N3. The van der Waals surface area contributed by atoms with Crippen LogP contribution < -0.4 is 10.6 Å². The highest BCUT2D eigenvalue weighted by molar-refractivity contribution is 4.93. The van der Waals surface area contributed by atoms with Gasteiger partial charge in [0.1, 0.15) is 0 Å². The Kier molecular flexibility index (Phi) is 39.0. The van der Waals surface area contributed by atoms with Gasteiger partial charge >= 0.3 is 0 Å². The molecule has 0 aliphatic rings. The van der Waals surface area contributed by atoms with Crippen LogP contribution in [0.3, 0.4) is 0 Å². The van der Waals surface area contributed by atoms with Crippen molar-refractivity contribution in [2.45, 2.75) is 187 Å². The molecule has 270 valence electrons. The van der Waals surface area contributed by atoms with Crippen LogP contribution in [0, 0.1) is 0 Å². The van der Waals surface area contributed by atoms with Gasteiger partial charge in [-0.05, 0) is 91.1 Å². The summed E-state index contributed by atoms with van der Waals surface area (Å²) in [6.07, 6.45) is 53.7. The number of unbranched alkanes of at least 4 members (excludes halogenated alkanes) is 18. The first-order valence-corrected chi connectivity index (χ1v) is 20.4. The second-order valence-electron chi connectivity index (χ2n) is 14.0. The molecule has 0 radical (unpaired) electrons. The smallest absolute Gasteiger partial charge is 0.0101 e. The number of allylic oxidation sites excluding steroid dienone is 8. The third kappa shape index (κ3) is 39.0. The monoisotopic (exact) mass is 642 g/mol. The Balaban J connectivity index is 3.93. The van der Waals surface area contributed by atoms with Crippen molar-refractivity contribution in [3.63, 3.8) is 0 Å². The van der Waals surface area contributed by atoms with E-state index in [0.29, 0.717) is 6.04 Å². The molecule has 0 saturated carbocycles. The van der Waals surface area contributed by atoms with Crippen LogP contribution in [0.4, 0.5) is 0 Å². The lowest BCUT2D eigenvalue weighted by molar-refractivity contribution is 0.387. The van der Waals surface area contributed by atoms with Crippen molar-refractivity contribution in [3.8, 4) is 0 Å². The molecule has 0 aromatic carbocycles. The summed E-state index contributed by atoms with van der Waals surface area (Å²) in [4.78, 5) is 2.25. The Labute approximate surface area is 290 Å². The molecule has 0 bridgehead atoms. The van der Waals surface area contributed by atoms with Crippen LogP contribution in [0.1, 0.15) is 181 Å². The molecule has 0 fully saturated rings. The van der Waals surface area contributed by atoms with Crippen LogP contribution in [-0.2, 0) is 0 Å². The summed E-state index contributed by atoms with van der Waals surface area (Å²) in [6, 6.07) is 0.701. The molecule has 0 aromatic rings. The van der Waals surface area contributed by atoms with Gasteiger partial charge in [-0.3, -0.25) is 0 Å². The predicted octanol–water partition coefficient (Wildman–Crippen LogP) is 12.5. The quantitative estimate of drug-likeness (QED) is 0.0522. The first-order valence-electron chi connectivity index (χ1n) is 20.4. The molecule has 46 heavy (non-hydrogen) atoms. The fourth-order valence-electron chi connectivity index (χ4n) is 5.90. The van der Waals surface area contributed by atoms with Gasteiger partial charge in [-0.25, -0.2) is 0 Å². The Morgan fingerprint density at radius 1 is 0.435 bits per heavy atom. The van der Waals surface area contributed by atoms with E-state index in [1.165, 1.54) is 154 Å². The average Bonchev–Trinajstić information content (AvgIpc) is 3.05. The van der Waals surface area contributed by atoms with E-state index in [0.717, 1.165) is 39.0 Å². The van der Waals surface area contributed by atoms with Crippen molar-refractivity contribution in [2.24, 2.45) is 0 Å². The van der Waals surface area contributed by atoms with Crippen LogP contribution in [0.25, 0.3) is 0 Å². The molecule has 3 nitrogen and oxygen atoms in total. The second kappa shape index (κ2) is 40.0. The molecule has 0 aromatic heterocycles. The van der Waals surface area contributed by atoms with E-state index in [2.05, 4.69) is 92.1 Å². The molecule has 0 atom stereocenters. The minimum Gasteiger partial charge on any atom is -0.314 e. The van der Waals surface area contributed by atoms with Crippen molar-refractivity contribution in [2.75, 3.05) is 40.3 Å². The van der Waals surface area contributed by atoms with Gasteiger partial charge in [-0.15, -0.1) is 0 Å². The SMILES string of the molecule is CCCCC/C=C\C/C=C\CCCCCCCCC(CCCCCCCC/C=C\C/C=C\CCCCC)NCCNCCN(C)C. The molecule has 0 rings (SSSR count). The molecular weight excluding hydrogens is 558 g/mol. The summed E-state index contributed by atoms with van der Waals surface area (Å²) < 4.78 is 0. The lowest BCUT2D eigenvalue weighted by Gasteiger charge is -2.19. The molecule has 0 heterocycles. The second-order valence-corrected chi connectivity index (χ2v) is 14.0. The van der Waals surface area contributed by atoms with E-state index in [1.54, 1.807) is 0 Å². The van der Waals surface area contributed by atoms with E-state index >= 15 is 0 Å². The van der Waals surface area contributed by atoms with E-state index in [4.69, 9.17) is 0 Å². The maximum absolute atomic E-state index is 3.91. The summed E-state index contributed by atoms with van der Waals surface area (Å²) in [5.41, 5.74) is 0. The fraction of sp³-hybridized carbons (Fsp3) is 0.814. The standard InChI is InChI=1S/C43H83N3/c1-5-7-9-11-13-15-17-19-21-23-25-27-29-31-33-35-37-43(45-40-39-44-41-42-46(3)4)38-36-34-32-30-28-26-24-22-20-18-16-14-12-10-8-6-2/h13-16,19-22,43-45H,5-12,17-18,23-42H2,1-4H3/b15-13-,16-14-,21-19-,22-20-. The topological polar surface area (TPSA) is 27.3 Å². The van der Waals surface area contributed by atoms with Gasteiger partial charge in [-0.2, -0.15) is 0 Å². The Hall–Kier alpha value is -1.16. The van der Waals surface area contributed by atoms with Crippen molar-refractivity contribution in [3.05, 3.63) is 48.6 Å². The molecule has 0 unspecified atom stereocenters. The van der Waals surface area contributed by atoms with Gasteiger partial charge in [-0.1, -0.05) is 152 Å². The van der Waals surface area contributed by atoms with Crippen molar-refractivity contribution in [1.29, 1.82) is 0 Å². The zero-order valence-corrected chi connectivity index (χ0v) is 31.9.